The molecular formula is C2H5NS2Zn. The standard InChI is InChI=1S/CH3NS2.CH3.Zn/c2-1(3)4;;/h(H3,2,3,4);1H3;/q;;+1/p-1. The molecule has 32 valence electrons. The van der Waals surface area contributed by atoms with E-state index in [-0.39, 0.29) is 4.32 Å². The van der Waals surface area contributed by atoms with E-state index in [0.717, 1.165) is 0 Å². The number of hydrogen-bond acceptors (Lipinski definition) is 2. The fraction of sp³-hybridized carbons (Fsp3) is 0.500. The van der Waals surface area contributed by atoms with Crippen LogP contribution in [0.4, 0.5) is 0 Å². The third kappa shape index (κ3) is 123. The van der Waals surface area contributed by atoms with Gasteiger partial charge in [-0.1, -0.05) is 4.32 Å². The topological polar surface area (TPSA) is 26.0 Å². The normalized spacial score (nSPS) is 5.17. The van der Waals surface area contributed by atoms with Gasteiger partial charge in [-0.15, -0.1) is 0 Å². The first-order chi connectivity index (χ1) is 2.73. The number of nitrogens with two attached hydrogens (primary N) is 1. The van der Waals surface area contributed by atoms with Crippen LogP contribution in [0.3, 0.4) is 0 Å². The second-order valence-electron chi connectivity index (χ2n) is 0.319. The van der Waals surface area contributed by atoms with Gasteiger partial charge in [0, 0.05) is 0 Å². The molecule has 0 unspecified atom stereocenters. The average molecular weight is 173 g/mol. The van der Waals surface area contributed by atoms with Crippen LogP contribution in [-0.4, -0.2) is 4.32 Å². The molecule has 0 saturated carbocycles. The van der Waals surface area contributed by atoms with Crippen molar-refractivity contribution in [3.8, 4) is 0 Å². The first-order valence-electron chi connectivity index (χ1n) is 1.40. The SMILES string of the molecule is NC(=S)[S-].[CH3][Zn+]. The van der Waals surface area contributed by atoms with Gasteiger partial charge in [-0.3, -0.25) is 0 Å². The molecule has 0 aromatic carbocycles. The van der Waals surface area contributed by atoms with E-state index in [2.05, 4.69) is 36.1 Å². The summed E-state index contributed by atoms with van der Waals surface area (Å²) in [6.07, 6.45) is 0. The third-order valence-corrected chi connectivity index (χ3v) is 0. The van der Waals surface area contributed by atoms with Crippen LogP contribution in [0.25, 0.3) is 0 Å². The Hall–Kier alpha value is 0.733. The predicted molar refractivity (Wildman–Crippen MR) is 30.0 cm³/mol. The van der Waals surface area contributed by atoms with E-state index in [1.165, 1.54) is 18.3 Å². The van der Waals surface area contributed by atoms with Gasteiger partial charge in [-0.05, 0) is 0 Å². The molecule has 0 rings (SSSR count). The van der Waals surface area contributed by atoms with Gasteiger partial charge < -0.3 is 30.6 Å². The molecule has 0 aromatic heterocycles. The van der Waals surface area contributed by atoms with E-state index >= 15 is 0 Å². The fourth-order valence-corrected chi connectivity index (χ4v) is 0. The van der Waals surface area contributed by atoms with Crippen molar-refractivity contribution < 1.29 is 18.3 Å². The predicted octanol–water partition coefficient (Wildman–Crippen LogP) is 0.358. The molecule has 0 radical (unpaired) electrons. The second-order valence-corrected chi connectivity index (χ2v) is 1.46. The third-order valence-electron chi connectivity index (χ3n) is 0. The summed E-state index contributed by atoms with van der Waals surface area (Å²) >= 11 is 9.63. The van der Waals surface area contributed by atoms with Gasteiger partial charge in [-0.2, -0.15) is 0 Å². The van der Waals surface area contributed by atoms with Crippen LogP contribution in [-0.2, 0) is 30.9 Å². The van der Waals surface area contributed by atoms with Gasteiger partial charge in [0.1, 0.15) is 0 Å². The molecule has 6 heavy (non-hydrogen) atoms. The molecule has 0 aliphatic carbocycles. The quantitative estimate of drug-likeness (QED) is 0.325. The minimum absolute atomic E-state index is 0.0833. The Labute approximate surface area is 58.8 Å². The van der Waals surface area contributed by atoms with Crippen molar-refractivity contribution in [2.24, 2.45) is 5.73 Å². The Balaban J connectivity index is 0. The molecule has 1 nitrogen and oxygen atoms in total. The van der Waals surface area contributed by atoms with E-state index in [1.807, 2.05) is 0 Å². The Morgan fingerprint density at radius 3 is 1.83 bits per heavy atom. The zero-order valence-corrected chi connectivity index (χ0v) is 8.20. The summed E-state index contributed by atoms with van der Waals surface area (Å²) < 4.78 is 0.0833. The molecule has 0 saturated heterocycles. The van der Waals surface area contributed by atoms with Gasteiger partial charge in [-0.25, -0.2) is 0 Å². The van der Waals surface area contributed by atoms with Crippen molar-refractivity contribution in [3.05, 3.63) is 0 Å². The Morgan fingerprint density at radius 2 is 1.83 bits per heavy atom. The summed E-state index contributed by atoms with van der Waals surface area (Å²) in [6.45, 7) is 0. The first kappa shape index (κ1) is 9.88. The Kier molecular flexibility index (Phi) is 15.2. The molecule has 0 aliphatic rings. The summed E-state index contributed by atoms with van der Waals surface area (Å²) in [5.74, 6) is 0. The molecular weight excluding hydrogens is 168 g/mol. The van der Waals surface area contributed by atoms with Crippen molar-refractivity contribution in [2.75, 3.05) is 0 Å². The molecule has 0 spiro atoms. The number of rotatable bonds is 0. The summed E-state index contributed by atoms with van der Waals surface area (Å²) in [4.78, 5) is 0. The van der Waals surface area contributed by atoms with Crippen molar-refractivity contribution in [2.45, 2.75) is 5.52 Å². The number of hydrogen-bond donors (Lipinski definition) is 1. The summed E-state index contributed by atoms with van der Waals surface area (Å²) in [5, 5.41) is 0. The monoisotopic (exact) mass is 171 g/mol. The van der Waals surface area contributed by atoms with Crippen LogP contribution in [0.1, 0.15) is 0 Å². The van der Waals surface area contributed by atoms with E-state index in [9.17, 15) is 0 Å². The number of thiocarbonyl (C=S) groups is 1. The van der Waals surface area contributed by atoms with E-state index < -0.39 is 0 Å². The van der Waals surface area contributed by atoms with E-state index in [1.54, 1.807) is 0 Å². The molecule has 0 heterocycles. The molecule has 0 aromatic rings. The molecule has 0 aliphatic heterocycles. The fourth-order valence-electron chi connectivity index (χ4n) is 0. The molecule has 0 amide bonds. The van der Waals surface area contributed by atoms with E-state index in [0.29, 0.717) is 0 Å². The van der Waals surface area contributed by atoms with Gasteiger partial charge >= 0.3 is 23.8 Å². The van der Waals surface area contributed by atoms with Crippen LogP contribution >= 0.6 is 12.2 Å². The van der Waals surface area contributed by atoms with Crippen LogP contribution in [0.15, 0.2) is 0 Å². The molecule has 2 N–H and O–H groups in total. The molecule has 0 bridgehead atoms. The first-order valence-corrected chi connectivity index (χ1v) is 5.19. The van der Waals surface area contributed by atoms with Gasteiger partial charge in [0.15, 0.2) is 0 Å². The average Bonchev–Trinajstić information content (AvgIpc) is 1.41. The van der Waals surface area contributed by atoms with Crippen molar-refractivity contribution in [3.63, 3.8) is 0 Å². The van der Waals surface area contributed by atoms with Gasteiger partial charge in [0.05, 0.1) is 0 Å². The van der Waals surface area contributed by atoms with Crippen molar-refractivity contribution >= 4 is 29.2 Å². The summed E-state index contributed by atoms with van der Waals surface area (Å²) in [6, 6.07) is 0. The molecule has 4 heteroatoms. The maximum absolute atomic E-state index is 4.66. The zero-order chi connectivity index (χ0) is 5.58. The van der Waals surface area contributed by atoms with Crippen molar-refractivity contribution in [1.29, 1.82) is 0 Å². The van der Waals surface area contributed by atoms with E-state index in [4.69, 9.17) is 0 Å². The Bertz CT molecular complexity index is 34.5. The summed E-state index contributed by atoms with van der Waals surface area (Å²) in [5.41, 5.74) is 6.78. The maximum atomic E-state index is 4.66. The Morgan fingerprint density at radius 1 is 1.83 bits per heavy atom. The van der Waals surface area contributed by atoms with Crippen molar-refractivity contribution in [1.82, 2.24) is 0 Å². The molecule has 0 atom stereocenters. The summed E-state index contributed by atoms with van der Waals surface area (Å²) in [7, 11) is 0. The van der Waals surface area contributed by atoms with Gasteiger partial charge in [0.25, 0.3) is 0 Å². The van der Waals surface area contributed by atoms with Gasteiger partial charge in [0.2, 0.25) is 0 Å². The van der Waals surface area contributed by atoms with Crippen LogP contribution in [0, 0.1) is 0 Å². The van der Waals surface area contributed by atoms with Crippen LogP contribution < -0.4 is 5.73 Å². The minimum atomic E-state index is 0.0833. The molecule has 0 fully saturated rings. The van der Waals surface area contributed by atoms with Crippen LogP contribution in [0.2, 0.25) is 5.52 Å². The van der Waals surface area contributed by atoms with Crippen LogP contribution in [0.5, 0.6) is 0 Å². The second kappa shape index (κ2) is 9.22. The zero-order valence-electron chi connectivity index (χ0n) is 3.60.